The van der Waals surface area contributed by atoms with E-state index in [1.807, 2.05) is 0 Å². The van der Waals surface area contributed by atoms with E-state index in [0.717, 1.165) is 13.0 Å². The summed E-state index contributed by atoms with van der Waals surface area (Å²) >= 11 is 2.18. The van der Waals surface area contributed by atoms with Crippen molar-refractivity contribution in [1.29, 1.82) is 0 Å². The summed E-state index contributed by atoms with van der Waals surface area (Å²) < 4.78 is 3.15. The van der Waals surface area contributed by atoms with E-state index < -0.39 is 0 Å². The smallest absolute Gasteiger partial charge is 0.0657 e. The zero-order valence-corrected chi connectivity index (χ0v) is 8.23. The molecule has 0 radical (unpaired) electrons. The van der Waals surface area contributed by atoms with Crippen LogP contribution in [0.2, 0.25) is 0 Å². The van der Waals surface area contributed by atoms with Crippen LogP contribution in [0, 0.1) is 0 Å². The molecule has 0 aromatic carbocycles. The molecule has 0 aromatic heterocycles. The zero-order chi connectivity index (χ0) is 7.11. The van der Waals surface area contributed by atoms with Crippen molar-refractivity contribution in [3.8, 4) is 0 Å². The fourth-order valence-corrected chi connectivity index (χ4v) is 1.24. The first kappa shape index (κ1) is 9.65. The van der Waals surface area contributed by atoms with Gasteiger partial charge in [0.25, 0.3) is 0 Å². The highest BCUT2D eigenvalue weighted by Gasteiger charge is 1.98. The Kier molecular flexibility index (Phi) is 7.25. The second-order valence-electron chi connectivity index (χ2n) is 2.02. The van der Waals surface area contributed by atoms with Crippen molar-refractivity contribution in [3.63, 3.8) is 0 Å². The summed E-state index contributed by atoms with van der Waals surface area (Å²) in [5, 5.41) is 3.35. The quantitative estimate of drug-likeness (QED) is 0.435. The summed E-state index contributed by atoms with van der Waals surface area (Å²) in [5.41, 5.74) is 0. The normalized spacial score (nSPS) is 13.7. The van der Waals surface area contributed by atoms with Gasteiger partial charge in [-0.15, -0.1) is 0 Å². The van der Waals surface area contributed by atoms with Crippen LogP contribution in [-0.2, 0) is 0 Å². The molecule has 0 spiro atoms. The fraction of sp³-hybridized carbons (Fsp3) is 1.00. The molecule has 3 heteroatoms. The molecule has 0 bridgehead atoms. The minimum Gasteiger partial charge on any atom is -0.301 e. The first-order chi connectivity index (χ1) is 4.35. The van der Waals surface area contributed by atoms with Gasteiger partial charge >= 0.3 is 0 Å². The number of hydrogen-bond donors (Lipinski definition) is 2. The standard InChI is InChI=1S/C6H15IN2/c1-3-5-8-6(4-2)9-7/h6,8-9H,3-5H2,1-2H3. The van der Waals surface area contributed by atoms with Crippen LogP contribution < -0.4 is 8.85 Å². The third-order valence-electron chi connectivity index (χ3n) is 1.18. The minimum absolute atomic E-state index is 0.491. The third-order valence-corrected chi connectivity index (χ3v) is 1.93. The fourth-order valence-electron chi connectivity index (χ4n) is 0.579. The van der Waals surface area contributed by atoms with Crippen molar-refractivity contribution in [2.24, 2.45) is 0 Å². The topological polar surface area (TPSA) is 24.1 Å². The van der Waals surface area contributed by atoms with Gasteiger partial charge < -0.3 is 5.32 Å². The van der Waals surface area contributed by atoms with Gasteiger partial charge in [0.05, 0.1) is 6.17 Å². The van der Waals surface area contributed by atoms with E-state index in [4.69, 9.17) is 0 Å². The highest BCUT2D eigenvalue weighted by Crippen LogP contribution is 1.88. The lowest BCUT2D eigenvalue weighted by Crippen LogP contribution is -2.36. The Morgan fingerprint density at radius 3 is 2.44 bits per heavy atom. The van der Waals surface area contributed by atoms with Crippen molar-refractivity contribution in [3.05, 3.63) is 0 Å². The molecule has 2 N–H and O–H groups in total. The van der Waals surface area contributed by atoms with Crippen LogP contribution in [-0.4, -0.2) is 12.7 Å². The maximum absolute atomic E-state index is 3.35. The van der Waals surface area contributed by atoms with Crippen LogP contribution in [0.4, 0.5) is 0 Å². The number of nitrogens with one attached hydrogen (secondary N) is 2. The number of halogens is 1. The van der Waals surface area contributed by atoms with Gasteiger partial charge in [-0.05, 0) is 19.4 Å². The Bertz CT molecular complexity index is 55.0. The summed E-state index contributed by atoms with van der Waals surface area (Å²) in [6, 6.07) is 0. The van der Waals surface area contributed by atoms with Crippen LogP contribution in [0.3, 0.4) is 0 Å². The second-order valence-corrected chi connectivity index (χ2v) is 2.65. The minimum atomic E-state index is 0.491. The van der Waals surface area contributed by atoms with Crippen molar-refractivity contribution in [2.45, 2.75) is 32.9 Å². The molecule has 56 valence electrons. The van der Waals surface area contributed by atoms with Gasteiger partial charge in [0.2, 0.25) is 0 Å². The maximum Gasteiger partial charge on any atom is 0.0657 e. The van der Waals surface area contributed by atoms with Gasteiger partial charge in [0.15, 0.2) is 0 Å². The molecule has 0 aliphatic carbocycles. The predicted octanol–water partition coefficient (Wildman–Crippen LogP) is 1.66. The third kappa shape index (κ3) is 5.11. The van der Waals surface area contributed by atoms with E-state index in [1.165, 1.54) is 6.42 Å². The Hall–Kier alpha value is 0.650. The molecule has 0 aliphatic heterocycles. The van der Waals surface area contributed by atoms with E-state index in [1.54, 1.807) is 0 Å². The van der Waals surface area contributed by atoms with Crippen LogP contribution in [0.1, 0.15) is 26.7 Å². The molecule has 0 aliphatic rings. The summed E-state index contributed by atoms with van der Waals surface area (Å²) in [7, 11) is 0. The molecule has 0 saturated carbocycles. The van der Waals surface area contributed by atoms with Gasteiger partial charge in [0.1, 0.15) is 0 Å². The highest BCUT2D eigenvalue weighted by atomic mass is 127. The molecule has 0 heterocycles. The molecule has 0 aromatic rings. The van der Waals surface area contributed by atoms with Crippen LogP contribution >= 0.6 is 22.9 Å². The second kappa shape index (κ2) is 6.77. The summed E-state index contributed by atoms with van der Waals surface area (Å²) in [4.78, 5) is 0. The molecule has 2 nitrogen and oxygen atoms in total. The van der Waals surface area contributed by atoms with Crippen LogP contribution in [0.5, 0.6) is 0 Å². The largest absolute Gasteiger partial charge is 0.301 e. The first-order valence-corrected chi connectivity index (χ1v) is 4.52. The summed E-state index contributed by atoms with van der Waals surface area (Å²) in [5.74, 6) is 0. The molecule has 9 heavy (non-hydrogen) atoms. The SMILES string of the molecule is CCCNC(CC)NI. The Labute approximate surface area is 71.3 Å². The first-order valence-electron chi connectivity index (χ1n) is 3.44. The van der Waals surface area contributed by atoms with Gasteiger partial charge in [-0.3, -0.25) is 0 Å². The Morgan fingerprint density at radius 2 is 2.11 bits per heavy atom. The van der Waals surface area contributed by atoms with Crippen LogP contribution in [0.25, 0.3) is 0 Å². The zero-order valence-electron chi connectivity index (χ0n) is 6.08. The average Bonchev–Trinajstić information content (AvgIpc) is 1.91. The lowest BCUT2D eigenvalue weighted by molar-refractivity contribution is 0.496. The van der Waals surface area contributed by atoms with Crippen molar-refractivity contribution < 1.29 is 0 Å². The lowest BCUT2D eigenvalue weighted by Gasteiger charge is -2.12. The van der Waals surface area contributed by atoms with E-state index in [0.29, 0.717) is 6.17 Å². The van der Waals surface area contributed by atoms with Crippen LogP contribution in [0.15, 0.2) is 0 Å². The Balaban J connectivity index is 3.09. The van der Waals surface area contributed by atoms with Crippen molar-refractivity contribution in [2.75, 3.05) is 6.54 Å². The van der Waals surface area contributed by atoms with Crippen molar-refractivity contribution >= 4 is 22.9 Å². The van der Waals surface area contributed by atoms with E-state index in [2.05, 4.69) is 45.6 Å². The monoisotopic (exact) mass is 242 g/mol. The molecule has 1 atom stereocenters. The lowest BCUT2D eigenvalue weighted by atomic mass is 10.4. The van der Waals surface area contributed by atoms with Crippen molar-refractivity contribution in [1.82, 2.24) is 8.85 Å². The van der Waals surface area contributed by atoms with Gasteiger partial charge in [-0.25, -0.2) is 3.53 Å². The van der Waals surface area contributed by atoms with E-state index in [9.17, 15) is 0 Å². The predicted molar refractivity (Wildman–Crippen MR) is 49.5 cm³/mol. The molecular formula is C6H15IN2. The average molecular weight is 242 g/mol. The molecular weight excluding hydrogens is 227 g/mol. The Morgan fingerprint density at radius 1 is 1.44 bits per heavy atom. The molecule has 0 rings (SSSR count). The summed E-state index contributed by atoms with van der Waals surface area (Å²) in [6.07, 6.45) is 2.84. The van der Waals surface area contributed by atoms with E-state index in [-0.39, 0.29) is 0 Å². The highest BCUT2D eigenvalue weighted by molar-refractivity contribution is 14.1. The molecule has 0 saturated heterocycles. The maximum atomic E-state index is 3.35. The molecule has 0 fully saturated rings. The number of rotatable bonds is 5. The number of hydrogen-bond acceptors (Lipinski definition) is 2. The van der Waals surface area contributed by atoms with Gasteiger partial charge in [0, 0.05) is 22.9 Å². The van der Waals surface area contributed by atoms with E-state index >= 15 is 0 Å². The molecule has 0 amide bonds. The van der Waals surface area contributed by atoms with Gasteiger partial charge in [-0.2, -0.15) is 0 Å². The molecule has 1 unspecified atom stereocenters. The summed E-state index contributed by atoms with van der Waals surface area (Å²) in [6.45, 7) is 5.44. The van der Waals surface area contributed by atoms with Gasteiger partial charge in [-0.1, -0.05) is 13.8 Å².